The third-order valence-electron chi connectivity index (χ3n) is 3.62. The fourth-order valence-electron chi connectivity index (χ4n) is 2.34. The third kappa shape index (κ3) is 7.10. The van der Waals surface area contributed by atoms with Crippen molar-refractivity contribution >= 4 is 17.8 Å². The number of carboxylic acids is 2. The monoisotopic (exact) mass is 396 g/mol. The number of benzene rings is 2. The van der Waals surface area contributed by atoms with Gasteiger partial charge in [0.05, 0.1) is 11.5 Å². The molecule has 0 amide bonds. The van der Waals surface area contributed by atoms with Crippen LogP contribution in [0.2, 0.25) is 0 Å². The van der Waals surface area contributed by atoms with E-state index in [1.165, 1.54) is 12.1 Å². The predicted molar refractivity (Wildman–Crippen MR) is 96.3 cm³/mol. The maximum Gasteiger partial charge on any atom is 0.416 e. The first kappa shape index (κ1) is 22.7. The van der Waals surface area contributed by atoms with Crippen molar-refractivity contribution in [2.24, 2.45) is 5.73 Å². The van der Waals surface area contributed by atoms with E-state index in [0.29, 0.717) is 11.1 Å². The van der Waals surface area contributed by atoms with Gasteiger partial charge in [-0.05, 0) is 23.6 Å². The molecule has 0 aromatic heterocycles. The number of halogens is 3. The molecule has 6 nitrogen and oxygen atoms in total. The molecule has 0 radical (unpaired) electrons. The Bertz CT molecular complexity index is 845. The molecule has 0 aliphatic carbocycles. The molecule has 0 heterocycles. The molecule has 1 atom stereocenters. The largest absolute Gasteiger partial charge is 0.481 e. The Kier molecular flexibility index (Phi) is 7.73. The molecule has 0 spiro atoms. The van der Waals surface area contributed by atoms with Crippen molar-refractivity contribution < 1.29 is 33.0 Å². The second kappa shape index (κ2) is 9.54. The highest BCUT2D eigenvalue weighted by Crippen LogP contribution is 2.32. The normalized spacial score (nSPS) is 11.7. The highest BCUT2D eigenvalue weighted by Gasteiger charge is 2.31. The van der Waals surface area contributed by atoms with Gasteiger partial charge in [-0.25, -0.2) is 0 Å². The Balaban J connectivity index is 0.000000892. The average molecular weight is 396 g/mol. The number of carboxylic acid groups (broad SMARTS) is 2. The Hall–Kier alpha value is -3.36. The van der Waals surface area contributed by atoms with Crippen molar-refractivity contribution in [3.8, 4) is 0 Å². The molecule has 1 unspecified atom stereocenters. The highest BCUT2D eigenvalue weighted by molar-refractivity contribution is 5.94. The van der Waals surface area contributed by atoms with Crippen LogP contribution >= 0.6 is 0 Å². The van der Waals surface area contributed by atoms with Gasteiger partial charge in [-0.3, -0.25) is 15.0 Å². The number of aliphatic carboxylic acids is 2. The average Bonchev–Trinajstić information content (AvgIpc) is 2.58. The minimum Gasteiger partial charge on any atom is -0.481 e. The van der Waals surface area contributed by atoms with Crippen molar-refractivity contribution in [2.45, 2.75) is 25.4 Å². The molecule has 5 N–H and O–H groups in total. The maximum atomic E-state index is 12.8. The molecule has 0 saturated carbocycles. The lowest BCUT2D eigenvalue weighted by Crippen LogP contribution is -2.16. The Labute approximate surface area is 158 Å². The highest BCUT2D eigenvalue weighted by atomic mass is 19.4. The van der Waals surface area contributed by atoms with Crippen LogP contribution in [0.3, 0.4) is 0 Å². The number of alkyl halides is 3. The number of nitrogen functional groups attached to an aromatic ring is 1. The first-order valence-corrected chi connectivity index (χ1v) is 7.94. The zero-order chi connectivity index (χ0) is 21.5. The van der Waals surface area contributed by atoms with Crippen LogP contribution in [0.1, 0.15) is 35.1 Å². The summed E-state index contributed by atoms with van der Waals surface area (Å²) in [4.78, 5) is 20.5. The number of amidine groups is 1. The molecule has 0 bridgehead atoms. The van der Waals surface area contributed by atoms with Crippen LogP contribution in [-0.2, 0) is 22.2 Å². The van der Waals surface area contributed by atoms with Gasteiger partial charge in [0, 0.05) is 12.5 Å². The van der Waals surface area contributed by atoms with Crippen LogP contribution in [0.25, 0.3) is 0 Å². The molecular formula is C19H19F3N2O4. The molecular weight excluding hydrogens is 377 g/mol. The molecule has 9 heteroatoms. The third-order valence-corrected chi connectivity index (χ3v) is 3.62. The van der Waals surface area contributed by atoms with Crippen molar-refractivity contribution in [1.82, 2.24) is 0 Å². The van der Waals surface area contributed by atoms with Crippen LogP contribution in [0, 0.1) is 5.41 Å². The summed E-state index contributed by atoms with van der Waals surface area (Å²) in [6.45, 7) is 1.08. The van der Waals surface area contributed by atoms with E-state index in [1.807, 2.05) is 0 Å². The lowest BCUT2D eigenvalue weighted by molar-refractivity contribution is -0.140. The van der Waals surface area contributed by atoms with Gasteiger partial charge < -0.3 is 15.9 Å². The van der Waals surface area contributed by atoms with Gasteiger partial charge in [-0.15, -0.1) is 0 Å². The van der Waals surface area contributed by atoms with Gasteiger partial charge in [0.1, 0.15) is 5.84 Å². The molecule has 2 aromatic carbocycles. The fraction of sp³-hybridized carbons (Fsp3) is 0.211. The van der Waals surface area contributed by atoms with Crippen molar-refractivity contribution in [3.05, 3.63) is 70.8 Å². The first-order valence-electron chi connectivity index (χ1n) is 7.94. The van der Waals surface area contributed by atoms with Gasteiger partial charge in [-0.2, -0.15) is 13.2 Å². The summed E-state index contributed by atoms with van der Waals surface area (Å²) in [5.41, 5.74) is 5.68. The Morgan fingerprint density at radius 3 is 2.07 bits per heavy atom. The van der Waals surface area contributed by atoms with Crippen LogP contribution in [0.15, 0.2) is 48.5 Å². The van der Waals surface area contributed by atoms with E-state index >= 15 is 0 Å². The smallest absolute Gasteiger partial charge is 0.416 e. The number of carbonyl (C=O) groups is 2. The molecule has 0 saturated heterocycles. The van der Waals surface area contributed by atoms with Gasteiger partial charge >= 0.3 is 12.1 Å². The molecule has 0 aliphatic heterocycles. The van der Waals surface area contributed by atoms with E-state index in [-0.39, 0.29) is 17.8 Å². The number of nitrogens with two attached hydrogens (primary N) is 1. The Morgan fingerprint density at radius 2 is 1.64 bits per heavy atom. The predicted octanol–water partition coefficient (Wildman–Crippen LogP) is 3.49. The molecule has 2 rings (SSSR count). The number of hydrogen-bond donors (Lipinski definition) is 4. The van der Waals surface area contributed by atoms with Crippen LogP contribution in [0.4, 0.5) is 13.2 Å². The number of hydrogen-bond acceptors (Lipinski definition) is 3. The molecule has 28 heavy (non-hydrogen) atoms. The SMILES string of the molecule is CC(=O)O.N=C(N)c1ccc(CC(C(=O)O)c2cccc(C(F)(F)F)c2)cc1. The molecule has 0 fully saturated rings. The molecule has 150 valence electrons. The number of rotatable bonds is 5. The fourth-order valence-corrected chi connectivity index (χ4v) is 2.34. The van der Waals surface area contributed by atoms with Gasteiger partial charge in [0.2, 0.25) is 0 Å². The van der Waals surface area contributed by atoms with E-state index in [0.717, 1.165) is 19.1 Å². The zero-order valence-electron chi connectivity index (χ0n) is 14.8. The van der Waals surface area contributed by atoms with Gasteiger partial charge in [-0.1, -0.05) is 42.5 Å². The quantitative estimate of drug-likeness (QED) is 0.455. The second-order valence-electron chi connectivity index (χ2n) is 5.85. The standard InChI is InChI=1S/C17H15F3N2O2.C2H4O2/c18-17(19,20)13-3-1-2-12(9-13)14(16(23)24)8-10-4-6-11(7-5-10)15(21)22;1-2(3)4/h1-7,9,14H,8H2,(H3,21,22)(H,23,24);1H3,(H,3,4). The van der Waals surface area contributed by atoms with Crippen LogP contribution in [0.5, 0.6) is 0 Å². The summed E-state index contributed by atoms with van der Waals surface area (Å²) in [6.07, 6.45) is -4.49. The van der Waals surface area contributed by atoms with E-state index in [9.17, 15) is 23.1 Å². The molecule has 2 aromatic rings. The summed E-state index contributed by atoms with van der Waals surface area (Å²) in [5.74, 6) is -3.25. The van der Waals surface area contributed by atoms with Crippen LogP contribution in [-0.4, -0.2) is 28.0 Å². The van der Waals surface area contributed by atoms with Crippen molar-refractivity contribution in [1.29, 1.82) is 5.41 Å². The summed E-state index contributed by atoms with van der Waals surface area (Å²) >= 11 is 0. The number of nitrogens with one attached hydrogen (secondary N) is 1. The molecule has 0 aliphatic rings. The lowest BCUT2D eigenvalue weighted by Gasteiger charge is -2.15. The van der Waals surface area contributed by atoms with Crippen molar-refractivity contribution in [2.75, 3.05) is 0 Å². The van der Waals surface area contributed by atoms with Crippen molar-refractivity contribution in [3.63, 3.8) is 0 Å². The van der Waals surface area contributed by atoms with Gasteiger partial charge in [0.15, 0.2) is 0 Å². The second-order valence-corrected chi connectivity index (χ2v) is 5.85. The lowest BCUT2D eigenvalue weighted by atomic mass is 9.90. The van der Waals surface area contributed by atoms with E-state index in [2.05, 4.69) is 0 Å². The minimum absolute atomic E-state index is 0.0365. The van der Waals surface area contributed by atoms with E-state index < -0.39 is 29.6 Å². The van der Waals surface area contributed by atoms with Crippen LogP contribution < -0.4 is 5.73 Å². The van der Waals surface area contributed by atoms with E-state index in [4.69, 9.17) is 21.0 Å². The van der Waals surface area contributed by atoms with E-state index in [1.54, 1.807) is 24.3 Å². The first-order chi connectivity index (χ1) is 12.9. The summed E-state index contributed by atoms with van der Waals surface area (Å²) < 4.78 is 38.4. The summed E-state index contributed by atoms with van der Waals surface area (Å²) in [6, 6.07) is 10.7. The van der Waals surface area contributed by atoms with Gasteiger partial charge in [0.25, 0.3) is 5.97 Å². The zero-order valence-corrected chi connectivity index (χ0v) is 14.8. The topological polar surface area (TPSA) is 124 Å². The Morgan fingerprint density at radius 1 is 1.11 bits per heavy atom. The summed E-state index contributed by atoms with van der Waals surface area (Å²) in [5, 5.41) is 24.1. The summed E-state index contributed by atoms with van der Waals surface area (Å²) in [7, 11) is 0. The minimum atomic E-state index is -4.53. The maximum absolute atomic E-state index is 12.8.